The third-order valence-corrected chi connectivity index (χ3v) is 4.76. The lowest BCUT2D eigenvalue weighted by atomic mass is 9.95. The van der Waals surface area contributed by atoms with Gasteiger partial charge in [0.1, 0.15) is 0 Å². The zero-order valence-electron chi connectivity index (χ0n) is 11.4. The highest BCUT2D eigenvalue weighted by molar-refractivity contribution is 6.36. The number of nitrogens with two attached hydrogens (primary N) is 1. The standard InChI is InChI=1S/C15H22Cl2N2/c1-2-11-6-3-4-9-19(11)14(10-18)15-12(16)7-5-8-13(15)17/h5,7-8,11,14H,2-4,6,9-10,18H2,1H3. The second kappa shape index (κ2) is 6.94. The normalized spacial score (nSPS) is 22.4. The molecule has 1 aliphatic heterocycles. The molecule has 1 saturated heterocycles. The lowest BCUT2D eigenvalue weighted by Crippen LogP contribution is -2.44. The number of hydrogen-bond acceptors (Lipinski definition) is 2. The van der Waals surface area contributed by atoms with Gasteiger partial charge in [-0.05, 0) is 37.9 Å². The molecule has 1 fully saturated rings. The van der Waals surface area contributed by atoms with Crippen LogP contribution < -0.4 is 5.73 Å². The van der Waals surface area contributed by atoms with E-state index in [1.54, 1.807) is 0 Å². The molecule has 1 aromatic carbocycles. The SMILES string of the molecule is CCC1CCCCN1C(CN)c1c(Cl)cccc1Cl. The largest absolute Gasteiger partial charge is 0.329 e. The summed E-state index contributed by atoms with van der Waals surface area (Å²) in [5.41, 5.74) is 7.03. The highest BCUT2D eigenvalue weighted by Gasteiger charge is 2.30. The Morgan fingerprint density at radius 2 is 2.00 bits per heavy atom. The minimum absolute atomic E-state index is 0.131. The third kappa shape index (κ3) is 3.25. The van der Waals surface area contributed by atoms with Crippen molar-refractivity contribution < 1.29 is 0 Å². The van der Waals surface area contributed by atoms with Crippen molar-refractivity contribution in [3.05, 3.63) is 33.8 Å². The van der Waals surface area contributed by atoms with Crippen molar-refractivity contribution in [2.45, 2.75) is 44.7 Å². The Hall–Kier alpha value is -0.280. The lowest BCUT2D eigenvalue weighted by Gasteiger charge is -2.41. The molecule has 2 unspecified atom stereocenters. The van der Waals surface area contributed by atoms with E-state index < -0.39 is 0 Å². The molecule has 106 valence electrons. The van der Waals surface area contributed by atoms with E-state index in [-0.39, 0.29) is 6.04 Å². The molecule has 1 aliphatic rings. The first-order valence-corrected chi connectivity index (χ1v) is 7.84. The van der Waals surface area contributed by atoms with E-state index >= 15 is 0 Å². The molecule has 0 saturated carbocycles. The molecular weight excluding hydrogens is 279 g/mol. The molecule has 0 amide bonds. The number of hydrogen-bond donors (Lipinski definition) is 1. The number of benzene rings is 1. The number of piperidine rings is 1. The number of likely N-dealkylation sites (tertiary alicyclic amines) is 1. The second-order valence-corrected chi connectivity index (χ2v) is 6.00. The topological polar surface area (TPSA) is 29.3 Å². The Bertz CT molecular complexity index is 402. The maximum Gasteiger partial charge on any atom is 0.0502 e. The first-order chi connectivity index (χ1) is 9.19. The van der Waals surface area contributed by atoms with Crippen LogP contribution >= 0.6 is 23.2 Å². The molecule has 0 radical (unpaired) electrons. The van der Waals surface area contributed by atoms with Gasteiger partial charge in [-0.15, -0.1) is 0 Å². The minimum atomic E-state index is 0.131. The molecule has 4 heteroatoms. The molecule has 1 heterocycles. The van der Waals surface area contributed by atoms with Gasteiger partial charge in [-0.25, -0.2) is 0 Å². The van der Waals surface area contributed by atoms with Crippen LogP contribution in [0.1, 0.15) is 44.2 Å². The Morgan fingerprint density at radius 1 is 1.32 bits per heavy atom. The van der Waals surface area contributed by atoms with Crippen molar-refractivity contribution in [2.24, 2.45) is 5.73 Å². The molecule has 0 spiro atoms. The highest BCUT2D eigenvalue weighted by atomic mass is 35.5. The summed E-state index contributed by atoms with van der Waals surface area (Å²) in [6, 6.07) is 6.41. The van der Waals surface area contributed by atoms with Gasteiger partial charge in [0, 0.05) is 28.2 Å². The predicted molar refractivity (Wildman–Crippen MR) is 82.9 cm³/mol. The quantitative estimate of drug-likeness (QED) is 0.900. The van der Waals surface area contributed by atoms with E-state index in [4.69, 9.17) is 28.9 Å². The van der Waals surface area contributed by atoms with E-state index in [2.05, 4.69) is 11.8 Å². The molecule has 2 rings (SSSR count). The molecule has 0 aliphatic carbocycles. The molecular formula is C15H22Cl2N2. The summed E-state index contributed by atoms with van der Waals surface area (Å²) in [6.07, 6.45) is 4.94. The summed E-state index contributed by atoms with van der Waals surface area (Å²) >= 11 is 12.7. The van der Waals surface area contributed by atoms with Crippen LogP contribution in [-0.4, -0.2) is 24.0 Å². The Kier molecular flexibility index (Phi) is 5.52. The van der Waals surface area contributed by atoms with E-state index in [1.165, 1.54) is 19.3 Å². The average molecular weight is 301 g/mol. The predicted octanol–water partition coefficient (Wildman–Crippen LogP) is 4.26. The zero-order chi connectivity index (χ0) is 13.8. The fourth-order valence-corrected chi connectivity index (χ4v) is 3.77. The molecule has 1 aromatic rings. The van der Waals surface area contributed by atoms with Crippen molar-refractivity contribution in [3.8, 4) is 0 Å². The molecule has 0 aromatic heterocycles. The van der Waals surface area contributed by atoms with Gasteiger partial charge in [0.05, 0.1) is 6.04 Å². The highest BCUT2D eigenvalue weighted by Crippen LogP contribution is 2.36. The van der Waals surface area contributed by atoms with Gasteiger partial charge >= 0.3 is 0 Å². The van der Waals surface area contributed by atoms with Crippen molar-refractivity contribution in [2.75, 3.05) is 13.1 Å². The summed E-state index contributed by atoms with van der Waals surface area (Å²) in [7, 11) is 0. The lowest BCUT2D eigenvalue weighted by molar-refractivity contribution is 0.0950. The summed E-state index contributed by atoms with van der Waals surface area (Å²) in [6.45, 7) is 3.88. The summed E-state index contributed by atoms with van der Waals surface area (Å²) in [4.78, 5) is 2.50. The fraction of sp³-hybridized carbons (Fsp3) is 0.600. The maximum atomic E-state index is 6.35. The monoisotopic (exact) mass is 300 g/mol. The Balaban J connectivity index is 2.33. The Morgan fingerprint density at radius 3 is 2.58 bits per heavy atom. The van der Waals surface area contributed by atoms with Crippen molar-refractivity contribution >= 4 is 23.2 Å². The molecule has 2 nitrogen and oxygen atoms in total. The van der Waals surface area contributed by atoms with Crippen LogP contribution in [0.3, 0.4) is 0 Å². The molecule has 2 N–H and O–H groups in total. The molecule has 19 heavy (non-hydrogen) atoms. The van der Waals surface area contributed by atoms with Crippen LogP contribution in [0.25, 0.3) is 0 Å². The van der Waals surface area contributed by atoms with Crippen LogP contribution in [0.15, 0.2) is 18.2 Å². The molecule has 2 atom stereocenters. The number of rotatable bonds is 4. The average Bonchev–Trinajstić information content (AvgIpc) is 2.43. The van der Waals surface area contributed by atoms with E-state index in [1.807, 2.05) is 18.2 Å². The first kappa shape index (κ1) is 15.1. The van der Waals surface area contributed by atoms with Crippen LogP contribution in [-0.2, 0) is 0 Å². The summed E-state index contributed by atoms with van der Waals surface area (Å²) in [5, 5.41) is 1.45. The van der Waals surface area contributed by atoms with Gasteiger partial charge in [-0.2, -0.15) is 0 Å². The maximum absolute atomic E-state index is 6.35. The number of nitrogens with zero attached hydrogens (tertiary/aromatic N) is 1. The zero-order valence-corrected chi connectivity index (χ0v) is 12.9. The van der Waals surface area contributed by atoms with Gasteiger partial charge in [-0.1, -0.05) is 42.6 Å². The van der Waals surface area contributed by atoms with Gasteiger partial charge in [0.2, 0.25) is 0 Å². The van der Waals surface area contributed by atoms with Gasteiger partial charge in [0.25, 0.3) is 0 Å². The summed E-state index contributed by atoms with van der Waals surface area (Å²) < 4.78 is 0. The smallest absolute Gasteiger partial charge is 0.0502 e. The van der Waals surface area contributed by atoms with E-state index in [9.17, 15) is 0 Å². The van der Waals surface area contributed by atoms with E-state index in [0.717, 1.165) is 28.6 Å². The van der Waals surface area contributed by atoms with Crippen molar-refractivity contribution in [3.63, 3.8) is 0 Å². The van der Waals surface area contributed by atoms with Crippen LogP contribution in [0.4, 0.5) is 0 Å². The van der Waals surface area contributed by atoms with Gasteiger partial charge < -0.3 is 5.73 Å². The summed E-state index contributed by atoms with van der Waals surface area (Å²) in [5.74, 6) is 0. The number of halogens is 2. The minimum Gasteiger partial charge on any atom is -0.329 e. The molecule has 0 bridgehead atoms. The third-order valence-electron chi connectivity index (χ3n) is 4.10. The van der Waals surface area contributed by atoms with Gasteiger partial charge in [-0.3, -0.25) is 4.90 Å². The van der Waals surface area contributed by atoms with E-state index in [0.29, 0.717) is 12.6 Å². The van der Waals surface area contributed by atoms with Crippen LogP contribution in [0, 0.1) is 0 Å². The van der Waals surface area contributed by atoms with Gasteiger partial charge in [0.15, 0.2) is 0 Å². The van der Waals surface area contributed by atoms with Crippen LogP contribution in [0.2, 0.25) is 10.0 Å². The first-order valence-electron chi connectivity index (χ1n) is 7.08. The fourth-order valence-electron chi connectivity index (χ4n) is 3.12. The second-order valence-electron chi connectivity index (χ2n) is 5.18. The van der Waals surface area contributed by atoms with Crippen LogP contribution in [0.5, 0.6) is 0 Å². The Labute approximate surface area is 125 Å². The van der Waals surface area contributed by atoms with Crippen molar-refractivity contribution in [1.29, 1.82) is 0 Å². The van der Waals surface area contributed by atoms with Crippen molar-refractivity contribution in [1.82, 2.24) is 4.90 Å².